The predicted octanol–water partition coefficient (Wildman–Crippen LogP) is 7.06. The molecule has 1 saturated carbocycles. The minimum atomic E-state index is -6.32. The van der Waals surface area contributed by atoms with Crippen LogP contribution in [0.5, 0.6) is 0 Å². The molecule has 0 radical (unpaired) electrons. The van der Waals surface area contributed by atoms with Crippen LogP contribution in [0.4, 0.5) is 36.4 Å². The van der Waals surface area contributed by atoms with Gasteiger partial charge in [0.25, 0.3) is 0 Å². The van der Waals surface area contributed by atoms with Crippen molar-refractivity contribution in [2.45, 2.75) is 85.6 Å². The summed E-state index contributed by atoms with van der Waals surface area (Å²) in [5.74, 6) is -0.485. The first-order valence-corrected chi connectivity index (χ1v) is 15.9. The van der Waals surface area contributed by atoms with E-state index in [0.717, 1.165) is 25.3 Å². The number of sulfone groups is 1. The Kier molecular flexibility index (Phi) is 8.05. The molecule has 2 fully saturated rings. The van der Waals surface area contributed by atoms with Gasteiger partial charge in [0.05, 0.1) is 10.9 Å². The third-order valence-corrected chi connectivity index (χ3v) is 11.8. The number of fused-ring (bicyclic) bond motifs is 3. The highest BCUT2D eigenvalue weighted by Gasteiger charge is 2.74. The van der Waals surface area contributed by atoms with Gasteiger partial charge in [0.2, 0.25) is 5.91 Å². The molecule has 43 heavy (non-hydrogen) atoms. The summed E-state index contributed by atoms with van der Waals surface area (Å²) in [7, 11) is -4.37. The number of likely N-dealkylation sites (tertiary alicyclic amines) is 1. The van der Waals surface area contributed by atoms with Gasteiger partial charge in [0, 0.05) is 36.8 Å². The van der Waals surface area contributed by atoms with Crippen molar-refractivity contribution in [3.05, 3.63) is 59.7 Å². The van der Waals surface area contributed by atoms with Crippen molar-refractivity contribution in [2.75, 3.05) is 24.5 Å². The molecule has 3 aliphatic rings. The van der Waals surface area contributed by atoms with Crippen molar-refractivity contribution >= 4 is 21.4 Å². The van der Waals surface area contributed by atoms with Crippen LogP contribution >= 0.6 is 0 Å². The number of anilines is 1. The van der Waals surface area contributed by atoms with Gasteiger partial charge in [-0.1, -0.05) is 56.5 Å². The fraction of sp³-hybridized carbons (Fsp3) is 0.567. The topological polar surface area (TPSA) is 57.7 Å². The third-order valence-electron chi connectivity index (χ3n) is 9.27. The summed E-state index contributed by atoms with van der Waals surface area (Å²) in [5, 5.41) is 0. The molecular formula is C30H33F7N2O3S. The first-order chi connectivity index (χ1) is 20.1. The van der Waals surface area contributed by atoms with Crippen molar-refractivity contribution in [1.29, 1.82) is 0 Å². The van der Waals surface area contributed by atoms with Gasteiger partial charge in [0.15, 0.2) is 9.84 Å². The van der Waals surface area contributed by atoms with E-state index in [0.29, 0.717) is 31.4 Å². The SMILES string of the molecule is CCCN1CC2N(C(=O)C3CCCCC3)CCC2(S(=O)(=O)c2ccccc2)c2ccc(C(F)(C(F)(F)F)C(F)(F)F)cc21. The van der Waals surface area contributed by atoms with Crippen LogP contribution in [0, 0.1) is 5.92 Å². The van der Waals surface area contributed by atoms with Crippen LogP contribution in [-0.4, -0.2) is 57.3 Å². The Morgan fingerprint density at radius 2 is 1.56 bits per heavy atom. The second kappa shape index (κ2) is 11.0. The second-order valence-electron chi connectivity index (χ2n) is 11.7. The zero-order valence-electron chi connectivity index (χ0n) is 23.5. The Bertz CT molecular complexity index is 1440. The van der Waals surface area contributed by atoms with Gasteiger partial charge in [-0.15, -0.1) is 0 Å². The average Bonchev–Trinajstić information content (AvgIpc) is 3.37. The molecule has 2 heterocycles. The van der Waals surface area contributed by atoms with Crippen LogP contribution in [0.2, 0.25) is 0 Å². The van der Waals surface area contributed by atoms with E-state index in [1.165, 1.54) is 29.2 Å². The molecule has 1 aliphatic carbocycles. The van der Waals surface area contributed by atoms with Crippen LogP contribution in [0.25, 0.3) is 0 Å². The van der Waals surface area contributed by atoms with Gasteiger partial charge in [-0.25, -0.2) is 12.8 Å². The molecule has 2 atom stereocenters. The number of amides is 1. The molecule has 0 spiro atoms. The molecule has 0 aromatic heterocycles. The quantitative estimate of drug-likeness (QED) is 0.320. The highest BCUT2D eigenvalue weighted by Crippen LogP contribution is 2.57. The zero-order chi connectivity index (χ0) is 31.4. The summed E-state index contributed by atoms with van der Waals surface area (Å²) in [4.78, 5) is 16.8. The van der Waals surface area contributed by atoms with E-state index >= 15 is 4.39 Å². The van der Waals surface area contributed by atoms with Crippen LogP contribution < -0.4 is 4.90 Å². The van der Waals surface area contributed by atoms with Crippen LogP contribution in [0.15, 0.2) is 53.4 Å². The van der Waals surface area contributed by atoms with Crippen molar-refractivity contribution in [2.24, 2.45) is 5.92 Å². The van der Waals surface area contributed by atoms with Gasteiger partial charge in [-0.05, 0) is 49.4 Å². The minimum Gasteiger partial charge on any atom is -0.369 e. The fourth-order valence-corrected chi connectivity index (χ4v) is 9.50. The Morgan fingerprint density at radius 3 is 2.14 bits per heavy atom. The van der Waals surface area contributed by atoms with E-state index in [-0.39, 0.29) is 54.0 Å². The summed E-state index contributed by atoms with van der Waals surface area (Å²) in [6, 6.07) is 8.20. The number of carbonyl (C=O) groups is 1. The summed E-state index contributed by atoms with van der Waals surface area (Å²) in [6.45, 7) is 1.78. The molecule has 2 aromatic carbocycles. The van der Waals surface area contributed by atoms with Gasteiger partial charge in [-0.2, -0.15) is 26.3 Å². The number of hydrogen-bond acceptors (Lipinski definition) is 4. The zero-order valence-corrected chi connectivity index (χ0v) is 24.3. The molecule has 13 heteroatoms. The molecule has 236 valence electrons. The average molecular weight is 635 g/mol. The molecule has 2 aromatic rings. The molecule has 2 unspecified atom stereocenters. The lowest BCUT2D eigenvalue weighted by atomic mass is 9.82. The number of carbonyl (C=O) groups excluding carboxylic acids is 1. The Labute approximate surface area is 246 Å². The van der Waals surface area contributed by atoms with Crippen LogP contribution in [-0.2, 0) is 25.0 Å². The Morgan fingerprint density at radius 1 is 0.930 bits per heavy atom. The molecular weight excluding hydrogens is 601 g/mol. The minimum absolute atomic E-state index is 0.0320. The van der Waals surface area contributed by atoms with Crippen molar-refractivity contribution in [3.8, 4) is 0 Å². The summed E-state index contributed by atoms with van der Waals surface area (Å²) in [6.07, 6.45) is -8.32. The first-order valence-electron chi connectivity index (χ1n) is 14.4. The summed E-state index contributed by atoms with van der Waals surface area (Å²) in [5.41, 5.74) is -7.59. The largest absolute Gasteiger partial charge is 0.435 e. The Balaban J connectivity index is 1.74. The van der Waals surface area contributed by atoms with Crippen LogP contribution in [0.1, 0.15) is 63.0 Å². The lowest BCUT2D eigenvalue weighted by Gasteiger charge is -2.48. The maximum Gasteiger partial charge on any atom is 0.435 e. The van der Waals surface area contributed by atoms with E-state index in [1.807, 2.05) is 0 Å². The number of alkyl halides is 7. The monoisotopic (exact) mass is 634 g/mol. The van der Waals surface area contributed by atoms with E-state index < -0.39 is 44.2 Å². The van der Waals surface area contributed by atoms with E-state index in [4.69, 9.17) is 0 Å². The van der Waals surface area contributed by atoms with Crippen LogP contribution in [0.3, 0.4) is 0 Å². The lowest BCUT2D eigenvalue weighted by Crippen LogP contribution is -2.59. The number of rotatable bonds is 6. The van der Waals surface area contributed by atoms with Crippen molar-refractivity contribution < 1.29 is 43.9 Å². The summed E-state index contributed by atoms with van der Waals surface area (Å²) < 4.78 is 125. The predicted molar refractivity (Wildman–Crippen MR) is 146 cm³/mol. The van der Waals surface area contributed by atoms with Gasteiger partial charge < -0.3 is 9.80 Å². The standard InChI is InChI=1S/C30H33F7N2O3S/c1-2-16-38-19-25-27(43(41,42)22-11-7-4-8-12-22,15-17-39(25)26(40)20-9-5-3-6-10-20)23-14-13-21(18-24(23)38)28(31,29(32,33)34)30(35,36)37/h4,7-8,11-14,18,20,25H,2-3,5-6,9-10,15-17,19H2,1H3. The van der Waals surface area contributed by atoms with Crippen molar-refractivity contribution in [1.82, 2.24) is 4.90 Å². The highest BCUT2D eigenvalue weighted by molar-refractivity contribution is 7.92. The maximum atomic E-state index is 15.2. The first kappa shape index (κ1) is 31.6. The highest BCUT2D eigenvalue weighted by atomic mass is 32.2. The Hall–Kier alpha value is -2.83. The van der Waals surface area contributed by atoms with E-state index in [2.05, 4.69) is 0 Å². The molecule has 1 saturated heterocycles. The second-order valence-corrected chi connectivity index (χ2v) is 13.9. The molecule has 5 nitrogen and oxygen atoms in total. The smallest absolute Gasteiger partial charge is 0.369 e. The fourth-order valence-electron chi connectivity index (χ4n) is 7.18. The number of nitrogens with zero attached hydrogens (tertiary/aromatic N) is 2. The molecule has 5 rings (SSSR count). The maximum absolute atomic E-state index is 15.2. The van der Waals surface area contributed by atoms with E-state index in [9.17, 15) is 39.6 Å². The number of halogens is 7. The third kappa shape index (κ3) is 4.80. The van der Waals surface area contributed by atoms with Gasteiger partial charge in [-0.3, -0.25) is 4.79 Å². The van der Waals surface area contributed by atoms with Crippen molar-refractivity contribution in [3.63, 3.8) is 0 Å². The summed E-state index contributed by atoms with van der Waals surface area (Å²) >= 11 is 0. The molecule has 0 N–H and O–H groups in total. The number of hydrogen-bond donors (Lipinski definition) is 0. The van der Waals surface area contributed by atoms with Gasteiger partial charge in [0.1, 0.15) is 4.75 Å². The normalized spacial score (nSPS) is 23.7. The molecule has 0 bridgehead atoms. The molecule has 1 amide bonds. The number of benzene rings is 2. The lowest BCUT2D eigenvalue weighted by molar-refractivity contribution is -0.348. The molecule has 2 aliphatic heterocycles. The van der Waals surface area contributed by atoms with Gasteiger partial charge >= 0.3 is 18.0 Å². The van der Waals surface area contributed by atoms with E-state index in [1.54, 1.807) is 17.9 Å².